The van der Waals surface area contributed by atoms with Crippen molar-refractivity contribution in [3.8, 4) is 11.3 Å². The van der Waals surface area contributed by atoms with Crippen LogP contribution in [0.15, 0.2) is 29.2 Å². The first-order chi connectivity index (χ1) is 12.5. The van der Waals surface area contributed by atoms with Gasteiger partial charge in [0.1, 0.15) is 0 Å². The van der Waals surface area contributed by atoms with Crippen molar-refractivity contribution in [2.45, 2.75) is 55.2 Å². The molecule has 4 rings (SSSR count). The highest BCUT2D eigenvalue weighted by atomic mass is 32.2. The van der Waals surface area contributed by atoms with Crippen LogP contribution in [-0.4, -0.2) is 28.3 Å². The molecule has 0 saturated heterocycles. The van der Waals surface area contributed by atoms with Gasteiger partial charge in [0.25, 0.3) is 0 Å². The average Bonchev–Trinajstić information content (AvgIpc) is 3.02. The van der Waals surface area contributed by atoms with Gasteiger partial charge in [0.2, 0.25) is 5.92 Å². The summed E-state index contributed by atoms with van der Waals surface area (Å²) >= 11 is 1.66. The van der Waals surface area contributed by atoms with Crippen LogP contribution < -0.4 is 0 Å². The summed E-state index contributed by atoms with van der Waals surface area (Å²) in [5.74, 6) is -2.41. The van der Waals surface area contributed by atoms with E-state index >= 15 is 0 Å². The summed E-state index contributed by atoms with van der Waals surface area (Å²) in [5, 5.41) is 4.56. The Bertz CT molecular complexity index is 840. The van der Waals surface area contributed by atoms with Crippen molar-refractivity contribution in [2.24, 2.45) is 0 Å². The molecule has 0 bridgehead atoms. The maximum Gasteiger partial charge on any atom is 0.359 e. The van der Waals surface area contributed by atoms with Crippen LogP contribution in [0.25, 0.3) is 11.3 Å². The molecule has 1 fully saturated rings. The van der Waals surface area contributed by atoms with E-state index < -0.39 is 11.9 Å². The third-order valence-corrected chi connectivity index (χ3v) is 6.12. The summed E-state index contributed by atoms with van der Waals surface area (Å²) in [6.45, 7) is 2.04. The Balaban J connectivity index is 1.81. The molecule has 2 heterocycles. The summed E-state index contributed by atoms with van der Waals surface area (Å²) in [6, 6.07) is 7.85. The smallest absolute Gasteiger partial charge is 0.359 e. The molecule has 2 aliphatic rings. The van der Waals surface area contributed by atoms with Gasteiger partial charge < -0.3 is 4.74 Å². The van der Waals surface area contributed by atoms with Gasteiger partial charge in [-0.2, -0.15) is 5.10 Å². The minimum Gasteiger partial charge on any atom is -0.461 e. The highest BCUT2D eigenvalue weighted by Crippen LogP contribution is 2.46. The van der Waals surface area contributed by atoms with E-state index in [1.807, 2.05) is 28.9 Å². The second kappa shape index (κ2) is 6.68. The number of rotatable bonds is 3. The Hall–Kier alpha value is -1.89. The normalized spacial score (nSPS) is 18.9. The van der Waals surface area contributed by atoms with Gasteiger partial charge in [-0.3, -0.25) is 4.68 Å². The highest BCUT2D eigenvalue weighted by molar-refractivity contribution is 7.98. The van der Waals surface area contributed by atoms with Crippen molar-refractivity contribution in [2.75, 3.05) is 6.61 Å². The number of ether oxygens (including phenoxy) is 1. The van der Waals surface area contributed by atoms with Gasteiger partial charge in [-0.25, -0.2) is 13.6 Å². The monoisotopic (exact) mass is 378 g/mol. The van der Waals surface area contributed by atoms with Crippen LogP contribution in [0.3, 0.4) is 0 Å². The number of carbonyl (C=O) groups is 1. The zero-order valence-corrected chi connectivity index (χ0v) is 15.3. The fourth-order valence-electron chi connectivity index (χ4n) is 3.73. The summed E-state index contributed by atoms with van der Waals surface area (Å²) in [4.78, 5) is 13.5. The topological polar surface area (TPSA) is 44.1 Å². The van der Waals surface area contributed by atoms with Gasteiger partial charge in [-0.15, -0.1) is 11.8 Å². The number of nitrogens with zero attached hydrogens (tertiary/aromatic N) is 2. The number of fused-ring (bicyclic) bond motifs is 3. The van der Waals surface area contributed by atoms with Crippen molar-refractivity contribution in [1.82, 2.24) is 9.78 Å². The highest BCUT2D eigenvalue weighted by Gasteiger charge is 2.38. The third kappa shape index (κ3) is 3.02. The lowest BCUT2D eigenvalue weighted by Gasteiger charge is -2.30. The van der Waals surface area contributed by atoms with Gasteiger partial charge in [-0.05, 0) is 25.8 Å². The molecule has 1 aliphatic carbocycles. The zero-order valence-electron chi connectivity index (χ0n) is 14.5. The molecule has 1 saturated carbocycles. The Kier molecular flexibility index (Phi) is 4.50. The molecule has 26 heavy (non-hydrogen) atoms. The van der Waals surface area contributed by atoms with Crippen molar-refractivity contribution < 1.29 is 18.3 Å². The van der Waals surface area contributed by atoms with Crippen LogP contribution >= 0.6 is 11.8 Å². The van der Waals surface area contributed by atoms with Crippen molar-refractivity contribution in [3.63, 3.8) is 0 Å². The summed E-state index contributed by atoms with van der Waals surface area (Å²) in [5.41, 5.74) is 3.07. The number of aromatic nitrogens is 2. The molecule has 0 radical (unpaired) electrons. The largest absolute Gasteiger partial charge is 0.461 e. The predicted octanol–water partition coefficient (Wildman–Crippen LogP) is 5.08. The van der Waals surface area contributed by atoms with Crippen LogP contribution in [0.2, 0.25) is 0 Å². The number of halogens is 2. The molecule has 0 amide bonds. The fourth-order valence-corrected chi connectivity index (χ4v) is 4.79. The van der Waals surface area contributed by atoms with Crippen LogP contribution in [0.1, 0.15) is 54.7 Å². The second-order valence-corrected chi connectivity index (χ2v) is 7.73. The number of benzene rings is 1. The van der Waals surface area contributed by atoms with Gasteiger partial charge in [0.05, 0.1) is 18.3 Å². The van der Waals surface area contributed by atoms with Crippen molar-refractivity contribution in [3.05, 3.63) is 35.5 Å². The quantitative estimate of drug-likeness (QED) is 0.699. The Morgan fingerprint density at radius 2 is 2.08 bits per heavy atom. The lowest BCUT2D eigenvalue weighted by atomic mass is 9.92. The standard InChI is InChI=1S/C19H20F2N2O2S/c1-2-25-18(24)16-14-11-26-15-6-4-3-5-13(15)17(14)23(22-16)12-7-9-19(20,21)10-8-12/h3-6,12H,2,7-11H2,1H3. The van der Waals surface area contributed by atoms with E-state index in [2.05, 4.69) is 5.10 Å². The van der Waals surface area contributed by atoms with Crippen LogP contribution in [0.4, 0.5) is 8.78 Å². The first-order valence-corrected chi connectivity index (χ1v) is 9.87. The lowest BCUT2D eigenvalue weighted by Crippen LogP contribution is -2.27. The molecule has 7 heteroatoms. The van der Waals surface area contributed by atoms with Gasteiger partial charge in [0, 0.05) is 34.6 Å². The molecule has 0 atom stereocenters. The Morgan fingerprint density at radius 1 is 1.35 bits per heavy atom. The number of hydrogen-bond donors (Lipinski definition) is 0. The molecular weight excluding hydrogens is 358 g/mol. The van der Waals surface area contributed by atoms with E-state index in [0.29, 0.717) is 24.3 Å². The molecule has 2 aromatic rings. The summed E-state index contributed by atoms with van der Waals surface area (Å²) in [6.07, 6.45) is 0.437. The minimum atomic E-state index is -2.60. The maximum absolute atomic E-state index is 13.6. The minimum absolute atomic E-state index is 0.122. The average molecular weight is 378 g/mol. The zero-order chi connectivity index (χ0) is 18.3. The van der Waals surface area contributed by atoms with Crippen molar-refractivity contribution >= 4 is 17.7 Å². The molecule has 0 unspecified atom stereocenters. The Labute approximate surface area is 154 Å². The number of esters is 1. The molecular formula is C19H20F2N2O2S. The second-order valence-electron chi connectivity index (χ2n) is 6.71. The number of carbonyl (C=O) groups excluding carboxylic acids is 1. The third-order valence-electron chi connectivity index (χ3n) is 5.02. The van der Waals surface area contributed by atoms with E-state index in [4.69, 9.17) is 4.74 Å². The van der Waals surface area contributed by atoms with Gasteiger partial charge in [-0.1, -0.05) is 18.2 Å². The molecule has 0 spiro atoms. The molecule has 138 valence electrons. The summed E-state index contributed by atoms with van der Waals surface area (Å²) < 4.78 is 34.2. The van der Waals surface area contributed by atoms with E-state index in [-0.39, 0.29) is 25.5 Å². The van der Waals surface area contributed by atoms with Gasteiger partial charge in [0.15, 0.2) is 5.69 Å². The Morgan fingerprint density at radius 3 is 2.81 bits per heavy atom. The maximum atomic E-state index is 13.6. The fraction of sp³-hybridized carbons (Fsp3) is 0.474. The number of thioether (sulfide) groups is 1. The SMILES string of the molecule is CCOC(=O)c1nn(C2CCC(F)(F)CC2)c2c1CSc1ccccc1-2. The molecule has 1 aromatic carbocycles. The molecule has 4 nitrogen and oxygen atoms in total. The van der Waals surface area contributed by atoms with Crippen LogP contribution in [0.5, 0.6) is 0 Å². The van der Waals surface area contributed by atoms with Crippen molar-refractivity contribution in [1.29, 1.82) is 0 Å². The van der Waals surface area contributed by atoms with E-state index in [1.54, 1.807) is 18.7 Å². The van der Waals surface area contributed by atoms with E-state index in [0.717, 1.165) is 21.7 Å². The first-order valence-electron chi connectivity index (χ1n) is 8.88. The number of hydrogen-bond acceptors (Lipinski definition) is 4. The molecule has 1 aliphatic heterocycles. The van der Waals surface area contributed by atoms with Crippen LogP contribution in [-0.2, 0) is 10.5 Å². The predicted molar refractivity (Wildman–Crippen MR) is 95.6 cm³/mol. The lowest BCUT2D eigenvalue weighted by molar-refractivity contribution is -0.0449. The van der Waals surface area contributed by atoms with Gasteiger partial charge >= 0.3 is 5.97 Å². The van der Waals surface area contributed by atoms with Crippen LogP contribution in [0, 0.1) is 0 Å². The molecule has 0 N–H and O–H groups in total. The number of alkyl halides is 2. The summed E-state index contributed by atoms with van der Waals surface area (Å²) in [7, 11) is 0. The van der Waals surface area contributed by atoms with E-state index in [1.165, 1.54) is 0 Å². The molecule has 1 aromatic heterocycles. The first kappa shape index (κ1) is 17.5. The van der Waals surface area contributed by atoms with E-state index in [9.17, 15) is 13.6 Å².